The Kier molecular flexibility index (Phi) is 4.14. The maximum Gasteiger partial charge on any atom is 0.243 e. The molecule has 0 N–H and O–H groups in total. The molecule has 0 rings (SSSR count). The first-order valence-corrected chi connectivity index (χ1v) is 2.91. The first-order valence-electron chi connectivity index (χ1n) is 2.91. The second-order valence-electron chi connectivity index (χ2n) is 2.14. The van der Waals surface area contributed by atoms with E-state index in [1.807, 2.05) is 19.0 Å². The maximum atomic E-state index is 10.2. The zero-order valence-corrected chi connectivity index (χ0v) is 6.18. The van der Waals surface area contributed by atoms with E-state index in [0.717, 1.165) is 6.54 Å². The standard InChI is InChI=1S/C5H12BNO2/c1-7(2)3-4-9-5(6)8/h3-4,6H2,1-2H3. The van der Waals surface area contributed by atoms with Gasteiger partial charge in [0.1, 0.15) is 6.61 Å². The summed E-state index contributed by atoms with van der Waals surface area (Å²) in [6.07, 6.45) is 0. The minimum Gasteiger partial charge on any atom is -0.473 e. The van der Waals surface area contributed by atoms with Gasteiger partial charge in [-0.15, -0.1) is 0 Å². The monoisotopic (exact) mass is 129 g/mol. The first-order chi connectivity index (χ1) is 4.13. The van der Waals surface area contributed by atoms with Gasteiger partial charge in [-0.3, -0.25) is 4.79 Å². The quantitative estimate of drug-likeness (QED) is 0.472. The van der Waals surface area contributed by atoms with Crippen LogP contribution in [0.3, 0.4) is 0 Å². The summed E-state index contributed by atoms with van der Waals surface area (Å²) in [6, 6.07) is 0. The van der Waals surface area contributed by atoms with Crippen molar-refractivity contribution < 1.29 is 9.53 Å². The van der Waals surface area contributed by atoms with E-state index >= 15 is 0 Å². The Morgan fingerprint density at radius 3 is 2.56 bits per heavy atom. The number of ether oxygens (including phenoxy) is 1. The van der Waals surface area contributed by atoms with E-state index in [1.54, 1.807) is 0 Å². The van der Waals surface area contributed by atoms with Crippen LogP contribution >= 0.6 is 0 Å². The second kappa shape index (κ2) is 4.38. The van der Waals surface area contributed by atoms with Crippen LogP contribution in [-0.2, 0) is 4.74 Å². The molecule has 0 saturated heterocycles. The van der Waals surface area contributed by atoms with Gasteiger partial charge in [0.25, 0.3) is 0 Å². The molecule has 0 atom stereocenters. The highest BCUT2D eigenvalue weighted by Gasteiger charge is 1.92. The van der Waals surface area contributed by atoms with E-state index in [9.17, 15) is 4.79 Å². The largest absolute Gasteiger partial charge is 0.473 e. The molecule has 0 amide bonds. The number of hydrogen-bond donors (Lipinski definition) is 0. The van der Waals surface area contributed by atoms with Crippen LogP contribution in [0.5, 0.6) is 0 Å². The first kappa shape index (κ1) is 8.49. The Balaban J connectivity index is 3.01. The van der Waals surface area contributed by atoms with Gasteiger partial charge in [0.05, 0.1) is 0 Å². The number of carbonyl (C=O) groups excluding carboxylic acids is 1. The van der Waals surface area contributed by atoms with Crippen molar-refractivity contribution in [3.05, 3.63) is 0 Å². The van der Waals surface area contributed by atoms with Crippen molar-refractivity contribution in [2.45, 2.75) is 0 Å². The molecule has 3 nitrogen and oxygen atoms in total. The molecule has 0 spiro atoms. The molecule has 0 aliphatic heterocycles. The second-order valence-corrected chi connectivity index (χ2v) is 2.14. The molecule has 0 aromatic heterocycles. The summed E-state index contributed by atoms with van der Waals surface area (Å²) >= 11 is 0. The van der Waals surface area contributed by atoms with Gasteiger partial charge in [-0.05, 0) is 14.1 Å². The average molecular weight is 129 g/mol. The fourth-order valence-corrected chi connectivity index (χ4v) is 0.372. The van der Waals surface area contributed by atoms with E-state index in [0.29, 0.717) is 6.61 Å². The zero-order chi connectivity index (χ0) is 7.28. The van der Waals surface area contributed by atoms with Crippen LogP contribution < -0.4 is 0 Å². The number of rotatable bonds is 3. The van der Waals surface area contributed by atoms with Crippen molar-refractivity contribution in [1.29, 1.82) is 0 Å². The third-order valence-corrected chi connectivity index (χ3v) is 0.844. The van der Waals surface area contributed by atoms with E-state index < -0.39 is 0 Å². The topological polar surface area (TPSA) is 29.5 Å². The smallest absolute Gasteiger partial charge is 0.243 e. The molecular weight excluding hydrogens is 117 g/mol. The van der Waals surface area contributed by atoms with Crippen LogP contribution in [0.15, 0.2) is 0 Å². The Labute approximate surface area is 56.4 Å². The molecule has 4 heteroatoms. The Hall–Kier alpha value is -0.505. The number of hydrogen-bond acceptors (Lipinski definition) is 3. The van der Waals surface area contributed by atoms with Crippen LogP contribution in [-0.4, -0.2) is 45.9 Å². The highest BCUT2D eigenvalue weighted by atomic mass is 16.5. The molecule has 0 unspecified atom stereocenters. The van der Waals surface area contributed by atoms with Gasteiger partial charge >= 0.3 is 0 Å². The van der Waals surface area contributed by atoms with Gasteiger partial charge < -0.3 is 9.64 Å². The fourth-order valence-electron chi connectivity index (χ4n) is 0.372. The third kappa shape index (κ3) is 7.49. The number of likely N-dealkylation sites (N-methyl/N-ethyl adjacent to an activating group) is 1. The van der Waals surface area contributed by atoms with Gasteiger partial charge in [0.2, 0.25) is 13.7 Å². The maximum absolute atomic E-state index is 10.2. The van der Waals surface area contributed by atoms with E-state index in [2.05, 4.69) is 4.74 Å². The molecule has 0 fully saturated rings. The Morgan fingerprint density at radius 1 is 1.67 bits per heavy atom. The van der Waals surface area contributed by atoms with Crippen molar-refractivity contribution in [3.63, 3.8) is 0 Å². The SMILES string of the molecule is BC(=O)OCCN(C)C. The molecule has 0 bridgehead atoms. The van der Waals surface area contributed by atoms with Gasteiger partial charge in [-0.2, -0.15) is 0 Å². The highest BCUT2D eigenvalue weighted by molar-refractivity contribution is 6.55. The molecule has 0 saturated carbocycles. The van der Waals surface area contributed by atoms with Gasteiger partial charge in [-0.25, -0.2) is 0 Å². The van der Waals surface area contributed by atoms with Gasteiger partial charge in [0, 0.05) is 6.54 Å². The Bertz CT molecular complexity index is 95.0. The lowest BCUT2D eigenvalue weighted by atomic mass is 10.2. The predicted molar refractivity (Wildman–Crippen MR) is 38.4 cm³/mol. The summed E-state index contributed by atoms with van der Waals surface area (Å²) in [6.45, 7) is 1.28. The summed E-state index contributed by atoms with van der Waals surface area (Å²) in [5.41, 5.74) is 0. The summed E-state index contributed by atoms with van der Waals surface area (Å²) in [5.74, 6) is -0.211. The normalized spacial score (nSPS) is 9.67. The molecule has 0 aliphatic carbocycles. The molecule has 9 heavy (non-hydrogen) atoms. The molecule has 0 aromatic carbocycles. The van der Waals surface area contributed by atoms with E-state index in [-0.39, 0.29) is 5.87 Å². The average Bonchev–Trinajstić information content (AvgIpc) is 1.63. The molecule has 52 valence electrons. The van der Waals surface area contributed by atoms with Crippen LogP contribution in [0.1, 0.15) is 0 Å². The molecule has 0 heterocycles. The zero-order valence-electron chi connectivity index (χ0n) is 6.18. The lowest BCUT2D eigenvalue weighted by Gasteiger charge is -2.08. The predicted octanol–water partition coefficient (Wildman–Crippen LogP) is -0.682. The molecule has 0 radical (unpaired) electrons. The van der Waals surface area contributed by atoms with Crippen LogP contribution in [0, 0.1) is 0 Å². The minimum atomic E-state index is -0.211. The van der Waals surface area contributed by atoms with Crippen LogP contribution in [0.2, 0.25) is 0 Å². The summed E-state index contributed by atoms with van der Waals surface area (Å²) in [5, 5.41) is 0. The van der Waals surface area contributed by atoms with Gasteiger partial charge in [-0.1, -0.05) is 0 Å². The Morgan fingerprint density at radius 2 is 2.22 bits per heavy atom. The summed E-state index contributed by atoms with van der Waals surface area (Å²) < 4.78 is 4.67. The summed E-state index contributed by atoms with van der Waals surface area (Å²) in [7, 11) is 5.28. The molecular formula is C5H12BNO2. The lowest BCUT2D eigenvalue weighted by Crippen LogP contribution is -2.19. The fraction of sp³-hybridized carbons (Fsp3) is 0.800. The lowest BCUT2D eigenvalue weighted by molar-refractivity contribution is 0.162. The minimum absolute atomic E-state index is 0.211. The summed E-state index contributed by atoms with van der Waals surface area (Å²) in [4.78, 5) is 12.1. The van der Waals surface area contributed by atoms with E-state index in [4.69, 9.17) is 0 Å². The molecule has 0 aliphatic rings. The van der Waals surface area contributed by atoms with Crippen LogP contribution in [0.4, 0.5) is 4.79 Å². The van der Waals surface area contributed by atoms with Crippen molar-refractivity contribution in [1.82, 2.24) is 4.90 Å². The third-order valence-electron chi connectivity index (χ3n) is 0.844. The van der Waals surface area contributed by atoms with Crippen molar-refractivity contribution in [2.24, 2.45) is 0 Å². The number of carbonyl (C=O) groups is 1. The molecule has 0 aromatic rings. The van der Waals surface area contributed by atoms with Crippen molar-refractivity contribution in [2.75, 3.05) is 27.2 Å². The highest BCUT2D eigenvalue weighted by Crippen LogP contribution is 1.77. The van der Waals surface area contributed by atoms with E-state index in [1.165, 1.54) is 7.85 Å². The van der Waals surface area contributed by atoms with Crippen LogP contribution in [0.25, 0.3) is 0 Å². The number of nitrogens with zero attached hydrogens (tertiary/aromatic N) is 1. The van der Waals surface area contributed by atoms with Crippen molar-refractivity contribution >= 4 is 13.7 Å². The van der Waals surface area contributed by atoms with Gasteiger partial charge in [0.15, 0.2) is 0 Å². The van der Waals surface area contributed by atoms with Crippen molar-refractivity contribution in [3.8, 4) is 0 Å².